The summed E-state index contributed by atoms with van der Waals surface area (Å²) < 4.78 is 18.7. The Morgan fingerprint density at radius 2 is 1.97 bits per heavy atom. The van der Waals surface area contributed by atoms with Gasteiger partial charge in [0.1, 0.15) is 12.5 Å². The standard InChI is InChI=1S/C23H28N2O5/c1-16-12-19(30-15-28-4)10-11-20(16)21-17(2)22(26)25(23(27)24(21)3)14-29-13-18-8-6-5-7-9-18/h5-6,8,10-12H,7,9,13-15H2,1-4H3. The Hall–Kier alpha value is -2.90. The molecule has 0 amide bonds. The van der Waals surface area contributed by atoms with Crippen molar-refractivity contribution in [3.63, 3.8) is 0 Å². The fraction of sp³-hybridized carbons (Fsp3) is 0.391. The van der Waals surface area contributed by atoms with E-state index in [0.29, 0.717) is 23.6 Å². The highest BCUT2D eigenvalue weighted by Crippen LogP contribution is 2.27. The van der Waals surface area contributed by atoms with Crippen molar-refractivity contribution in [3.8, 4) is 17.0 Å². The largest absolute Gasteiger partial charge is 0.468 e. The Morgan fingerprint density at radius 3 is 2.63 bits per heavy atom. The number of ether oxygens (including phenoxy) is 3. The van der Waals surface area contributed by atoms with Crippen molar-refractivity contribution in [2.45, 2.75) is 33.4 Å². The summed E-state index contributed by atoms with van der Waals surface area (Å²) in [5.74, 6) is 0.661. The monoisotopic (exact) mass is 412 g/mol. The van der Waals surface area contributed by atoms with Gasteiger partial charge in [-0.3, -0.25) is 9.36 Å². The Balaban J connectivity index is 1.89. The summed E-state index contributed by atoms with van der Waals surface area (Å²) in [4.78, 5) is 25.9. The van der Waals surface area contributed by atoms with Gasteiger partial charge in [0, 0.05) is 25.3 Å². The molecule has 30 heavy (non-hydrogen) atoms. The normalized spacial score (nSPS) is 13.4. The number of allylic oxidation sites excluding steroid dienone is 3. The van der Waals surface area contributed by atoms with Gasteiger partial charge in [0.15, 0.2) is 6.79 Å². The van der Waals surface area contributed by atoms with E-state index < -0.39 is 5.69 Å². The number of rotatable bonds is 8. The molecule has 0 bridgehead atoms. The van der Waals surface area contributed by atoms with Crippen molar-refractivity contribution < 1.29 is 14.2 Å². The van der Waals surface area contributed by atoms with Crippen LogP contribution in [-0.4, -0.2) is 29.6 Å². The summed E-state index contributed by atoms with van der Waals surface area (Å²) in [6, 6.07) is 5.51. The van der Waals surface area contributed by atoms with Crippen LogP contribution in [0.3, 0.4) is 0 Å². The van der Waals surface area contributed by atoms with Crippen molar-refractivity contribution in [3.05, 3.63) is 74.0 Å². The fourth-order valence-corrected chi connectivity index (χ4v) is 3.57. The highest BCUT2D eigenvalue weighted by molar-refractivity contribution is 5.67. The zero-order valence-corrected chi connectivity index (χ0v) is 17.9. The number of benzene rings is 1. The topological polar surface area (TPSA) is 71.7 Å². The summed E-state index contributed by atoms with van der Waals surface area (Å²) in [5.41, 5.74) is 3.20. The minimum absolute atomic E-state index is 0.0730. The fourth-order valence-electron chi connectivity index (χ4n) is 3.57. The zero-order chi connectivity index (χ0) is 21.7. The molecule has 0 fully saturated rings. The lowest BCUT2D eigenvalue weighted by atomic mass is 10.0. The molecule has 3 rings (SSSR count). The molecule has 1 aromatic heterocycles. The Kier molecular flexibility index (Phi) is 7.07. The molecule has 0 spiro atoms. The second kappa shape index (κ2) is 9.73. The van der Waals surface area contributed by atoms with Gasteiger partial charge in [0.2, 0.25) is 0 Å². The van der Waals surface area contributed by atoms with Crippen LogP contribution in [-0.2, 0) is 23.3 Å². The van der Waals surface area contributed by atoms with Gasteiger partial charge in [-0.2, -0.15) is 0 Å². The van der Waals surface area contributed by atoms with E-state index in [1.54, 1.807) is 27.1 Å². The average Bonchev–Trinajstić information content (AvgIpc) is 2.75. The second-order valence-electron chi connectivity index (χ2n) is 7.35. The number of hydrogen-bond donors (Lipinski definition) is 0. The minimum Gasteiger partial charge on any atom is -0.468 e. The SMILES string of the molecule is COCOc1ccc(-c2c(C)c(=O)n(COCC3=CC=CCC3)c(=O)n2C)c(C)c1. The van der Waals surface area contributed by atoms with Crippen molar-refractivity contribution in [2.24, 2.45) is 7.05 Å². The van der Waals surface area contributed by atoms with E-state index in [4.69, 9.17) is 14.2 Å². The molecule has 0 atom stereocenters. The molecule has 0 radical (unpaired) electrons. The molecular formula is C23H28N2O5. The van der Waals surface area contributed by atoms with Gasteiger partial charge in [-0.1, -0.05) is 18.2 Å². The van der Waals surface area contributed by atoms with Gasteiger partial charge in [0.05, 0.1) is 12.3 Å². The van der Waals surface area contributed by atoms with Crippen molar-refractivity contribution >= 4 is 0 Å². The minimum atomic E-state index is -0.405. The lowest BCUT2D eigenvalue weighted by Crippen LogP contribution is -2.41. The lowest BCUT2D eigenvalue weighted by Gasteiger charge is -2.18. The molecule has 1 aliphatic rings. The first-order valence-corrected chi connectivity index (χ1v) is 9.89. The maximum atomic E-state index is 12.9. The maximum absolute atomic E-state index is 12.9. The van der Waals surface area contributed by atoms with Crippen LogP contribution in [0.25, 0.3) is 11.3 Å². The molecule has 1 aromatic carbocycles. The second-order valence-corrected chi connectivity index (χ2v) is 7.35. The van der Waals surface area contributed by atoms with E-state index in [1.807, 2.05) is 31.2 Å². The summed E-state index contributed by atoms with van der Waals surface area (Å²) in [6.07, 6.45) is 8.04. The van der Waals surface area contributed by atoms with Gasteiger partial charge in [-0.05, 0) is 56.0 Å². The molecule has 7 heteroatoms. The van der Waals surface area contributed by atoms with Crippen LogP contribution < -0.4 is 16.0 Å². The molecule has 0 saturated heterocycles. The molecular weight excluding hydrogens is 384 g/mol. The molecule has 0 saturated carbocycles. The van der Waals surface area contributed by atoms with Crippen LogP contribution in [0.4, 0.5) is 0 Å². The van der Waals surface area contributed by atoms with E-state index in [1.165, 1.54) is 4.57 Å². The number of hydrogen-bond acceptors (Lipinski definition) is 5. The third kappa shape index (κ3) is 4.63. The quantitative estimate of drug-likeness (QED) is 0.623. The van der Waals surface area contributed by atoms with E-state index in [9.17, 15) is 9.59 Å². The number of aryl methyl sites for hydroxylation is 1. The van der Waals surface area contributed by atoms with Crippen LogP contribution >= 0.6 is 0 Å². The van der Waals surface area contributed by atoms with Crippen LogP contribution in [0.2, 0.25) is 0 Å². The summed E-state index contributed by atoms with van der Waals surface area (Å²) >= 11 is 0. The highest BCUT2D eigenvalue weighted by Gasteiger charge is 2.17. The number of methoxy groups -OCH3 is 1. The summed E-state index contributed by atoms with van der Waals surface area (Å²) in [7, 11) is 3.23. The van der Waals surface area contributed by atoms with E-state index >= 15 is 0 Å². The molecule has 7 nitrogen and oxygen atoms in total. The van der Waals surface area contributed by atoms with Crippen LogP contribution in [0.15, 0.2) is 51.6 Å². The van der Waals surface area contributed by atoms with Gasteiger partial charge >= 0.3 is 5.69 Å². The first-order valence-electron chi connectivity index (χ1n) is 9.89. The van der Waals surface area contributed by atoms with Gasteiger partial charge in [-0.25, -0.2) is 9.36 Å². The first-order chi connectivity index (χ1) is 14.4. The molecule has 2 aromatic rings. The third-order valence-corrected chi connectivity index (χ3v) is 5.18. The summed E-state index contributed by atoms with van der Waals surface area (Å²) in [6.45, 7) is 4.13. The smallest absolute Gasteiger partial charge is 0.333 e. The van der Waals surface area contributed by atoms with Crippen LogP contribution in [0.1, 0.15) is 24.0 Å². The lowest BCUT2D eigenvalue weighted by molar-refractivity contribution is 0.0511. The van der Waals surface area contributed by atoms with Gasteiger partial charge < -0.3 is 14.2 Å². The molecule has 160 valence electrons. The average molecular weight is 412 g/mol. The Labute approximate surface area is 175 Å². The van der Waals surface area contributed by atoms with Crippen molar-refractivity contribution in [2.75, 3.05) is 20.5 Å². The Bertz CT molecular complexity index is 1050. The van der Waals surface area contributed by atoms with Gasteiger partial charge in [0.25, 0.3) is 5.56 Å². The maximum Gasteiger partial charge on any atom is 0.333 e. The van der Waals surface area contributed by atoms with Crippen molar-refractivity contribution in [1.29, 1.82) is 0 Å². The predicted octanol–water partition coefficient (Wildman–Crippen LogP) is 3.06. The number of aromatic nitrogens is 2. The van der Waals surface area contributed by atoms with Crippen molar-refractivity contribution in [1.82, 2.24) is 9.13 Å². The number of nitrogens with zero attached hydrogens (tertiary/aromatic N) is 2. The molecule has 0 aliphatic heterocycles. The summed E-state index contributed by atoms with van der Waals surface area (Å²) in [5, 5.41) is 0. The molecule has 1 aliphatic carbocycles. The molecule has 0 unspecified atom stereocenters. The van der Waals surface area contributed by atoms with Crippen LogP contribution in [0.5, 0.6) is 5.75 Å². The van der Waals surface area contributed by atoms with E-state index in [-0.39, 0.29) is 19.1 Å². The first kappa shape index (κ1) is 21.8. The Morgan fingerprint density at radius 1 is 1.17 bits per heavy atom. The van der Waals surface area contributed by atoms with E-state index in [2.05, 4.69) is 6.08 Å². The molecule has 0 N–H and O–H groups in total. The predicted molar refractivity (Wildman–Crippen MR) is 116 cm³/mol. The molecule has 1 heterocycles. The van der Waals surface area contributed by atoms with Crippen LogP contribution in [0, 0.1) is 13.8 Å². The van der Waals surface area contributed by atoms with E-state index in [0.717, 1.165) is 34.1 Å². The zero-order valence-electron chi connectivity index (χ0n) is 17.9. The third-order valence-electron chi connectivity index (χ3n) is 5.18. The highest BCUT2D eigenvalue weighted by atomic mass is 16.7. The van der Waals surface area contributed by atoms with Gasteiger partial charge in [-0.15, -0.1) is 0 Å².